The summed E-state index contributed by atoms with van der Waals surface area (Å²) in [6, 6.07) is 8.37. The van der Waals surface area contributed by atoms with Crippen molar-refractivity contribution in [2.24, 2.45) is 12.8 Å². The average Bonchev–Trinajstić information content (AvgIpc) is 2.62. The monoisotopic (exact) mass is 384 g/mol. The Morgan fingerprint density at radius 3 is 2.56 bits per heavy atom. The molecular formula is C19H17ClN4O3. The average molecular weight is 385 g/mol. The van der Waals surface area contributed by atoms with Crippen LogP contribution in [0.3, 0.4) is 0 Å². The molecule has 1 aromatic carbocycles. The topological polar surface area (TPSA) is 100 Å². The van der Waals surface area contributed by atoms with Crippen LogP contribution in [-0.4, -0.2) is 20.4 Å². The highest BCUT2D eigenvalue weighted by molar-refractivity contribution is 6.32. The molecule has 0 bridgehead atoms. The first kappa shape index (κ1) is 18.6. The van der Waals surface area contributed by atoms with E-state index in [1.165, 1.54) is 10.6 Å². The molecule has 1 amide bonds. The summed E-state index contributed by atoms with van der Waals surface area (Å²) in [7, 11) is 1.64. The largest absolute Gasteiger partial charge is 0.422 e. The summed E-state index contributed by atoms with van der Waals surface area (Å²) < 4.78 is 7.19. The van der Waals surface area contributed by atoms with E-state index in [-0.39, 0.29) is 17.3 Å². The Morgan fingerprint density at radius 2 is 1.93 bits per heavy atom. The number of nitrogens with zero attached hydrogens (tertiary/aromatic N) is 3. The summed E-state index contributed by atoms with van der Waals surface area (Å²) in [6.07, 6.45) is 1.62. The molecule has 3 aromatic rings. The van der Waals surface area contributed by atoms with Crippen LogP contribution in [0.25, 0.3) is 11.3 Å². The zero-order valence-electron chi connectivity index (χ0n) is 15.0. The van der Waals surface area contributed by atoms with E-state index in [1.807, 2.05) is 13.0 Å². The second kappa shape index (κ2) is 7.20. The Balaban J connectivity index is 2.14. The molecule has 0 atom stereocenters. The minimum Gasteiger partial charge on any atom is -0.422 e. The van der Waals surface area contributed by atoms with Gasteiger partial charge in [0, 0.05) is 24.4 Å². The molecule has 0 saturated heterocycles. The third-order valence-electron chi connectivity index (χ3n) is 3.97. The second-order valence-corrected chi connectivity index (χ2v) is 6.51. The number of rotatable bonds is 4. The molecule has 0 aliphatic carbocycles. The third-order valence-corrected chi connectivity index (χ3v) is 4.27. The van der Waals surface area contributed by atoms with Crippen LogP contribution in [0.15, 0.2) is 41.3 Å². The Kier molecular flexibility index (Phi) is 4.96. The predicted molar refractivity (Wildman–Crippen MR) is 102 cm³/mol. The van der Waals surface area contributed by atoms with E-state index in [9.17, 15) is 9.59 Å². The quantitative estimate of drug-likeness (QED) is 0.745. The zero-order valence-corrected chi connectivity index (χ0v) is 15.7. The highest BCUT2D eigenvalue weighted by Gasteiger charge is 2.15. The van der Waals surface area contributed by atoms with Gasteiger partial charge in [0.1, 0.15) is 5.69 Å². The van der Waals surface area contributed by atoms with Crippen molar-refractivity contribution in [3.05, 3.63) is 68.7 Å². The number of aryl methyl sites for hydroxylation is 3. The van der Waals surface area contributed by atoms with Crippen molar-refractivity contribution in [3.63, 3.8) is 0 Å². The zero-order chi connectivity index (χ0) is 19.7. The summed E-state index contributed by atoms with van der Waals surface area (Å²) in [6.45, 7) is 3.53. The van der Waals surface area contributed by atoms with Crippen molar-refractivity contribution in [2.75, 3.05) is 0 Å². The summed E-state index contributed by atoms with van der Waals surface area (Å²) in [5, 5.41) is 0.391. The summed E-state index contributed by atoms with van der Waals surface area (Å²) in [5.74, 6) is -0.329. The number of halogens is 1. The number of carbonyl (C=O) groups excluding carboxylic acids is 1. The number of para-hydroxylation sites is 1. The lowest BCUT2D eigenvalue weighted by molar-refractivity contribution is 0.0994. The fourth-order valence-electron chi connectivity index (χ4n) is 2.60. The van der Waals surface area contributed by atoms with Crippen LogP contribution in [0, 0.1) is 13.8 Å². The van der Waals surface area contributed by atoms with E-state index >= 15 is 0 Å². The highest BCUT2D eigenvalue weighted by Crippen LogP contribution is 2.32. The third kappa shape index (κ3) is 3.83. The number of primary amides is 1. The van der Waals surface area contributed by atoms with Gasteiger partial charge in [0.15, 0.2) is 5.75 Å². The maximum absolute atomic E-state index is 11.9. The lowest BCUT2D eigenvalue weighted by atomic mass is 10.1. The maximum atomic E-state index is 11.9. The predicted octanol–water partition coefficient (Wildman–Crippen LogP) is 3.00. The van der Waals surface area contributed by atoms with Crippen LogP contribution in [-0.2, 0) is 7.05 Å². The molecule has 0 aliphatic rings. The van der Waals surface area contributed by atoms with E-state index in [4.69, 9.17) is 22.1 Å². The molecule has 0 saturated carbocycles. The first-order chi connectivity index (χ1) is 12.8. The molecule has 0 spiro atoms. The number of nitrogens with two attached hydrogens (primary N) is 1. The van der Waals surface area contributed by atoms with Gasteiger partial charge in [-0.25, -0.2) is 0 Å². The van der Waals surface area contributed by atoms with Crippen LogP contribution >= 0.6 is 11.6 Å². The van der Waals surface area contributed by atoms with Gasteiger partial charge in [0.25, 0.3) is 11.5 Å². The first-order valence-corrected chi connectivity index (χ1v) is 8.43. The van der Waals surface area contributed by atoms with Crippen molar-refractivity contribution in [1.29, 1.82) is 0 Å². The molecule has 2 heterocycles. The smallest absolute Gasteiger partial charge is 0.323 e. The molecule has 0 unspecified atom stereocenters. The SMILES string of the molecule is Cc1cccc(Cl)c1Oc1nc(C(N)=O)cc(-c2cc(C)c(=O)n(C)c2)n1. The highest BCUT2D eigenvalue weighted by atomic mass is 35.5. The van der Waals surface area contributed by atoms with E-state index < -0.39 is 5.91 Å². The molecule has 7 nitrogen and oxygen atoms in total. The molecular weight excluding hydrogens is 368 g/mol. The molecule has 2 N–H and O–H groups in total. The number of aromatic nitrogens is 3. The van der Waals surface area contributed by atoms with Gasteiger partial charge >= 0.3 is 6.01 Å². The Hall–Kier alpha value is -3.19. The number of carbonyl (C=O) groups is 1. The van der Waals surface area contributed by atoms with E-state index in [1.54, 1.807) is 38.4 Å². The first-order valence-electron chi connectivity index (χ1n) is 8.05. The molecule has 0 fully saturated rings. The van der Waals surface area contributed by atoms with Crippen molar-refractivity contribution < 1.29 is 9.53 Å². The number of benzene rings is 1. The van der Waals surface area contributed by atoms with Crippen LogP contribution < -0.4 is 16.0 Å². The summed E-state index contributed by atoms with van der Waals surface area (Å²) in [5.41, 5.74) is 7.63. The van der Waals surface area contributed by atoms with Crippen molar-refractivity contribution in [3.8, 4) is 23.0 Å². The van der Waals surface area contributed by atoms with Gasteiger partial charge in [0.05, 0.1) is 10.7 Å². The number of ether oxygens (including phenoxy) is 1. The Bertz CT molecular complexity index is 1060. The van der Waals surface area contributed by atoms with Crippen molar-refractivity contribution in [1.82, 2.24) is 14.5 Å². The van der Waals surface area contributed by atoms with Gasteiger partial charge in [-0.1, -0.05) is 23.7 Å². The number of amides is 1. The lowest BCUT2D eigenvalue weighted by Crippen LogP contribution is -2.19. The van der Waals surface area contributed by atoms with Crippen LogP contribution in [0.4, 0.5) is 0 Å². The van der Waals surface area contributed by atoms with Gasteiger partial charge < -0.3 is 15.0 Å². The molecule has 3 rings (SSSR count). The van der Waals surface area contributed by atoms with Gasteiger partial charge in [-0.3, -0.25) is 9.59 Å². The number of hydrogen-bond acceptors (Lipinski definition) is 5. The van der Waals surface area contributed by atoms with E-state index in [0.29, 0.717) is 27.6 Å². The number of pyridine rings is 1. The molecule has 0 aliphatic heterocycles. The summed E-state index contributed by atoms with van der Waals surface area (Å²) >= 11 is 6.19. The fourth-order valence-corrected chi connectivity index (χ4v) is 2.86. The van der Waals surface area contributed by atoms with E-state index in [0.717, 1.165) is 5.56 Å². The maximum Gasteiger partial charge on any atom is 0.323 e. The second-order valence-electron chi connectivity index (χ2n) is 6.10. The van der Waals surface area contributed by atoms with Crippen LogP contribution in [0.5, 0.6) is 11.8 Å². The van der Waals surface area contributed by atoms with Crippen LogP contribution in [0.2, 0.25) is 5.02 Å². The normalized spacial score (nSPS) is 10.7. The minimum absolute atomic E-state index is 0.00814. The molecule has 8 heteroatoms. The molecule has 138 valence electrons. The van der Waals surface area contributed by atoms with E-state index in [2.05, 4.69) is 9.97 Å². The molecule has 0 radical (unpaired) electrons. The molecule has 27 heavy (non-hydrogen) atoms. The Morgan fingerprint density at radius 1 is 1.19 bits per heavy atom. The van der Waals surface area contributed by atoms with Crippen molar-refractivity contribution in [2.45, 2.75) is 13.8 Å². The number of hydrogen-bond donors (Lipinski definition) is 1. The van der Waals surface area contributed by atoms with Crippen LogP contribution in [0.1, 0.15) is 21.6 Å². The van der Waals surface area contributed by atoms with Gasteiger partial charge in [-0.15, -0.1) is 0 Å². The Labute approximate surface area is 160 Å². The van der Waals surface area contributed by atoms with Gasteiger partial charge in [-0.05, 0) is 37.6 Å². The molecule has 2 aromatic heterocycles. The van der Waals surface area contributed by atoms with Crippen molar-refractivity contribution >= 4 is 17.5 Å². The summed E-state index contributed by atoms with van der Waals surface area (Å²) in [4.78, 5) is 32.1. The lowest BCUT2D eigenvalue weighted by Gasteiger charge is -2.11. The van der Waals surface area contributed by atoms with Gasteiger partial charge in [-0.2, -0.15) is 9.97 Å². The standard InChI is InChI=1S/C19H17ClN4O3/c1-10-5-4-6-13(20)16(10)27-19-22-14(8-15(23-19)17(21)25)12-7-11(2)18(26)24(3)9-12/h4-9H,1-3H3,(H2,21,25). The van der Waals surface area contributed by atoms with Gasteiger partial charge in [0.2, 0.25) is 0 Å². The fraction of sp³-hybridized carbons (Fsp3) is 0.158. The minimum atomic E-state index is -0.721.